The van der Waals surface area contributed by atoms with E-state index >= 15 is 0 Å². The lowest BCUT2D eigenvalue weighted by atomic mass is 9.88. The van der Waals surface area contributed by atoms with Crippen molar-refractivity contribution in [3.05, 3.63) is 82.4 Å². The van der Waals surface area contributed by atoms with Gasteiger partial charge in [-0.15, -0.1) is 0 Å². The zero-order valence-corrected chi connectivity index (χ0v) is 30.9. The van der Waals surface area contributed by atoms with Crippen molar-refractivity contribution in [2.45, 2.75) is 49.9 Å². The van der Waals surface area contributed by atoms with Crippen LogP contribution in [0.3, 0.4) is 0 Å². The highest BCUT2D eigenvalue weighted by Crippen LogP contribution is 2.43. The summed E-state index contributed by atoms with van der Waals surface area (Å²) in [6.07, 6.45) is 8.65. The molecule has 4 aromatic heterocycles. The first-order valence-corrected chi connectivity index (χ1v) is 18.5. The maximum Gasteiger partial charge on any atom is 0.220 e. The van der Waals surface area contributed by atoms with Crippen LogP contribution in [0.2, 0.25) is 10.0 Å². The lowest BCUT2D eigenvalue weighted by Gasteiger charge is -2.48. The molecule has 12 nitrogen and oxygen atoms in total. The van der Waals surface area contributed by atoms with Gasteiger partial charge in [0.2, 0.25) is 17.7 Å². The Morgan fingerprint density at radius 2 is 1.47 bits per heavy atom. The molecule has 4 aliphatic heterocycles. The minimum Gasteiger partial charge on any atom is -0.493 e. The Hall–Kier alpha value is -4.75. The number of methoxy groups -OCH3 is 2. The average Bonchev–Trinajstić information content (AvgIpc) is 3.84. The standard InChI is InChI=1S/C39H38Cl2N8O4/c1-52-30-14-24(16-49-18-25(43-36(30)49)17-48-21-39(22-48)12-9-32(51)46-39)35-34(41)27(10-13-42-35)26-4-3-5-28(33(26)40)29-7-6-23(37(44-29)53-2)15-47-19-38(20-47)11-8-31(50)45-38/h3-7,10,13-14,16,18H,8-9,11-12,15,17,19-22H2,1-2H3,(H,45,50)(H,46,51). The summed E-state index contributed by atoms with van der Waals surface area (Å²) < 4.78 is 13.5. The number of carbonyl (C=O) groups excluding carboxylic acids is 2. The van der Waals surface area contributed by atoms with E-state index in [0.29, 0.717) is 64.6 Å². The zero-order chi connectivity index (χ0) is 36.5. The van der Waals surface area contributed by atoms with E-state index in [0.717, 1.165) is 72.5 Å². The third-order valence-electron chi connectivity index (χ3n) is 11.0. The molecule has 4 fully saturated rings. The monoisotopic (exact) mass is 752 g/mol. The highest BCUT2D eigenvalue weighted by molar-refractivity contribution is 6.39. The SMILES string of the molecule is COc1nc(-c2cccc(-c3ccnc(-c4cc(OC)c5nc(CN6CC7(CCC(=O)N7)C6)cn5c4)c3Cl)c2Cl)ccc1CN1CC2(CCC(=O)N2)C1. The van der Waals surface area contributed by atoms with Crippen LogP contribution >= 0.6 is 23.2 Å². The molecule has 0 atom stereocenters. The van der Waals surface area contributed by atoms with Crippen LogP contribution in [-0.2, 0) is 22.7 Å². The third kappa shape index (κ3) is 6.07. The predicted molar refractivity (Wildman–Crippen MR) is 201 cm³/mol. The van der Waals surface area contributed by atoms with Gasteiger partial charge < -0.3 is 24.5 Å². The number of hydrogen-bond donors (Lipinski definition) is 2. The summed E-state index contributed by atoms with van der Waals surface area (Å²) >= 11 is 14.3. The van der Waals surface area contributed by atoms with Crippen molar-refractivity contribution in [1.29, 1.82) is 0 Å². The fourth-order valence-electron chi connectivity index (χ4n) is 8.52. The summed E-state index contributed by atoms with van der Waals surface area (Å²) in [5.41, 5.74) is 6.65. The van der Waals surface area contributed by atoms with Crippen molar-refractivity contribution in [3.63, 3.8) is 0 Å². The molecule has 0 saturated carbocycles. The smallest absolute Gasteiger partial charge is 0.220 e. The second-order valence-corrected chi connectivity index (χ2v) is 15.5. The van der Waals surface area contributed by atoms with Gasteiger partial charge in [0.1, 0.15) is 0 Å². The van der Waals surface area contributed by atoms with Crippen molar-refractivity contribution >= 4 is 40.7 Å². The van der Waals surface area contributed by atoms with Gasteiger partial charge in [0.15, 0.2) is 11.4 Å². The molecule has 5 aromatic rings. The van der Waals surface area contributed by atoms with Crippen LogP contribution in [0.4, 0.5) is 0 Å². The predicted octanol–water partition coefficient (Wildman–Crippen LogP) is 5.38. The number of amides is 2. The van der Waals surface area contributed by atoms with Gasteiger partial charge in [-0.1, -0.05) is 47.5 Å². The van der Waals surface area contributed by atoms with Gasteiger partial charge in [-0.25, -0.2) is 9.97 Å². The summed E-state index contributed by atoms with van der Waals surface area (Å²) in [5.74, 6) is 1.41. The normalized spacial score (nSPS) is 19.0. The van der Waals surface area contributed by atoms with Crippen LogP contribution in [0.25, 0.3) is 39.3 Å². The van der Waals surface area contributed by atoms with E-state index in [4.69, 9.17) is 42.6 Å². The fraction of sp³-hybridized carbons (Fsp3) is 0.359. The van der Waals surface area contributed by atoms with Gasteiger partial charge in [-0.05, 0) is 31.0 Å². The second kappa shape index (κ2) is 13.0. The molecule has 2 spiro atoms. The van der Waals surface area contributed by atoms with E-state index in [1.807, 2.05) is 59.3 Å². The molecule has 1 aromatic carbocycles. The summed E-state index contributed by atoms with van der Waals surface area (Å²) in [6.45, 7) is 4.62. The highest BCUT2D eigenvalue weighted by atomic mass is 35.5. The number of ether oxygens (including phenoxy) is 2. The number of nitrogens with zero attached hydrogens (tertiary/aromatic N) is 6. The van der Waals surface area contributed by atoms with Crippen LogP contribution < -0.4 is 20.1 Å². The molecule has 0 unspecified atom stereocenters. The number of pyridine rings is 3. The minimum absolute atomic E-state index is 0.0826. The Morgan fingerprint density at radius 1 is 0.792 bits per heavy atom. The second-order valence-electron chi connectivity index (χ2n) is 14.8. The minimum atomic E-state index is -0.0860. The van der Waals surface area contributed by atoms with Crippen molar-refractivity contribution in [2.75, 3.05) is 40.4 Å². The summed E-state index contributed by atoms with van der Waals surface area (Å²) in [6, 6.07) is 13.6. The maximum absolute atomic E-state index is 11.8. The van der Waals surface area contributed by atoms with E-state index in [1.165, 1.54) is 0 Å². The van der Waals surface area contributed by atoms with Gasteiger partial charge in [0, 0.05) is 98.5 Å². The summed E-state index contributed by atoms with van der Waals surface area (Å²) in [4.78, 5) is 42.6. The number of carbonyl (C=O) groups is 2. The largest absolute Gasteiger partial charge is 0.493 e. The molecule has 0 aliphatic carbocycles. The molecule has 4 aliphatic rings. The number of aromatic nitrogens is 4. The first-order chi connectivity index (χ1) is 25.6. The molecule has 0 radical (unpaired) electrons. The van der Waals surface area contributed by atoms with Gasteiger partial charge >= 0.3 is 0 Å². The number of rotatable bonds is 9. The van der Waals surface area contributed by atoms with Gasteiger partial charge in [-0.3, -0.25) is 24.4 Å². The molecule has 272 valence electrons. The van der Waals surface area contributed by atoms with Crippen molar-refractivity contribution < 1.29 is 19.1 Å². The summed E-state index contributed by atoms with van der Waals surface area (Å²) in [5, 5.41) is 7.23. The van der Waals surface area contributed by atoms with Crippen molar-refractivity contribution in [3.8, 4) is 45.3 Å². The molecule has 2 amide bonds. The number of imidazole rings is 1. The Balaban J connectivity index is 0.967. The number of nitrogens with one attached hydrogen (secondary N) is 2. The molecule has 14 heteroatoms. The topological polar surface area (TPSA) is 126 Å². The van der Waals surface area contributed by atoms with E-state index < -0.39 is 0 Å². The molecule has 2 N–H and O–H groups in total. The van der Waals surface area contributed by atoms with E-state index in [-0.39, 0.29) is 22.9 Å². The molecule has 0 bridgehead atoms. The lowest BCUT2D eigenvalue weighted by Crippen LogP contribution is -2.66. The van der Waals surface area contributed by atoms with Crippen LogP contribution in [0.1, 0.15) is 36.9 Å². The molecule has 8 heterocycles. The van der Waals surface area contributed by atoms with Crippen molar-refractivity contribution in [2.24, 2.45) is 0 Å². The van der Waals surface area contributed by atoms with Gasteiger partial charge in [0.25, 0.3) is 0 Å². The van der Waals surface area contributed by atoms with E-state index in [9.17, 15) is 9.59 Å². The Labute approximate surface area is 316 Å². The summed E-state index contributed by atoms with van der Waals surface area (Å²) in [7, 11) is 3.25. The molecule has 53 heavy (non-hydrogen) atoms. The first-order valence-electron chi connectivity index (χ1n) is 17.7. The van der Waals surface area contributed by atoms with Crippen LogP contribution in [0.15, 0.2) is 61.1 Å². The molecular formula is C39H38Cl2N8O4. The highest BCUT2D eigenvalue weighted by Gasteiger charge is 2.48. The van der Waals surface area contributed by atoms with Gasteiger partial charge in [-0.2, -0.15) is 0 Å². The molecule has 9 rings (SSSR count). The van der Waals surface area contributed by atoms with Crippen LogP contribution in [-0.4, -0.2) is 92.4 Å². The first kappa shape index (κ1) is 34.0. The van der Waals surface area contributed by atoms with E-state index in [1.54, 1.807) is 20.4 Å². The molecular weight excluding hydrogens is 715 g/mol. The Morgan fingerprint density at radius 3 is 2.13 bits per heavy atom. The zero-order valence-electron chi connectivity index (χ0n) is 29.4. The molecule has 4 saturated heterocycles. The Bertz CT molecular complexity index is 2300. The van der Waals surface area contributed by atoms with Crippen LogP contribution in [0.5, 0.6) is 11.6 Å². The van der Waals surface area contributed by atoms with E-state index in [2.05, 4.69) is 25.4 Å². The third-order valence-corrected chi connectivity index (χ3v) is 11.8. The Kier molecular flexibility index (Phi) is 8.34. The number of benzene rings is 1. The quantitative estimate of drug-likeness (QED) is 0.204. The number of halogens is 2. The average molecular weight is 754 g/mol. The number of likely N-dealkylation sites (tertiary alicyclic amines) is 2. The number of hydrogen-bond acceptors (Lipinski definition) is 9. The fourth-order valence-corrected chi connectivity index (χ4v) is 9.16. The maximum atomic E-state index is 11.8. The lowest BCUT2D eigenvalue weighted by molar-refractivity contribution is -0.121. The van der Waals surface area contributed by atoms with Crippen LogP contribution in [0, 0.1) is 0 Å². The number of fused-ring (bicyclic) bond motifs is 1. The van der Waals surface area contributed by atoms with Gasteiger partial charge in [0.05, 0.1) is 52.4 Å². The van der Waals surface area contributed by atoms with Crippen molar-refractivity contribution in [1.82, 2.24) is 39.8 Å².